The van der Waals surface area contributed by atoms with E-state index in [1.54, 1.807) is 6.92 Å². The van der Waals surface area contributed by atoms with Crippen LogP contribution in [0.1, 0.15) is 46.2 Å². The Morgan fingerprint density at radius 2 is 1.97 bits per heavy atom. The van der Waals surface area contributed by atoms with E-state index in [-0.39, 0.29) is 12.2 Å². The van der Waals surface area contributed by atoms with Crippen molar-refractivity contribution in [2.45, 2.75) is 39.0 Å². The summed E-state index contributed by atoms with van der Waals surface area (Å²) < 4.78 is 47.6. The minimum absolute atomic E-state index is 0.146. The molecule has 0 saturated carbocycles. The van der Waals surface area contributed by atoms with Crippen LogP contribution in [0.25, 0.3) is 0 Å². The fourth-order valence-corrected chi connectivity index (χ4v) is 4.17. The Morgan fingerprint density at radius 1 is 1.29 bits per heavy atom. The first kappa shape index (κ1) is 21.1. The molecule has 164 valence electrons. The highest BCUT2D eigenvalue weighted by molar-refractivity contribution is 6.03. The summed E-state index contributed by atoms with van der Waals surface area (Å²) in [5.74, 6) is -5.81. The zero-order valence-corrected chi connectivity index (χ0v) is 16.5. The number of hydrogen-bond donors (Lipinski definition) is 2. The number of aromatic hydroxyl groups is 1. The van der Waals surface area contributed by atoms with Gasteiger partial charge < -0.3 is 19.7 Å². The van der Waals surface area contributed by atoms with Gasteiger partial charge in [0, 0.05) is 37.0 Å². The van der Waals surface area contributed by atoms with Crippen molar-refractivity contribution >= 4 is 11.7 Å². The summed E-state index contributed by atoms with van der Waals surface area (Å²) >= 11 is 0. The van der Waals surface area contributed by atoms with Crippen LogP contribution in [-0.2, 0) is 17.8 Å². The Bertz CT molecular complexity index is 1140. The molecule has 1 saturated heterocycles. The molecule has 0 aliphatic carbocycles. The fraction of sp³-hybridized carbons (Fsp3) is 0.381. The summed E-state index contributed by atoms with van der Waals surface area (Å²) in [6, 6.07) is 0.938. The van der Waals surface area contributed by atoms with Gasteiger partial charge in [-0.1, -0.05) is 0 Å². The van der Waals surface area contributed by atoms with Gasteiger partial charge in [0.25, 0.3) is 5.91 Å². The van der Waals surface area contributed by atoms with E-state index in [0.29, 0.717) is 31.6 Å². The van der Waals surface area contributed by atoms with Crippen molar-refractivity contribution in [3.8, 4) is 5.75 Å². The van der Waals surface area contributed by atoms with E-state index in [9.17, 15) is 32.7 Å². The molecule has 4 rings (SSSR count). The number of halogens is 3. The zero-order chi connectivity index (χ0) is 22.5. The van der Waals surface area contributed by atoms with Crippen molar-refractivity contribution in [2.75, 3.05) is 6.61 Å². The van der Waals surface area contributed by atoms with Gasteiger partial charge in [0.05, 0.1) is 18.1 Å². The van der Waals surface area contributed by atoms with Crippen molar-refractivity contribution in [2.24, 2.45) is 5.41 Å². The third-order valence-corrected chi connectivity index (χ3v) is 6.00. The second-order valence-corrected chi connectivity index (χ2v) is 7.96. The molecular weight excluding hydrogens is 417 g/mol. The molecule has 2 atom stereocenters. The number of Topliss-reactive ketones (excluding diaryl/α,β-unsaturated/α-hetero) is 1. The molecule has 1 aromatic heterocycles. The predicted octanol–water partition coefficient (Wildman–Crippen LogP) is 2.28. The summed E-state index contributed by atoms with van der Waals surface area (Å²) in [6.07, 6.45) is 1.85. The lowest BCUT2D eigenvalue weighted by Gasteiger charge is -2.44. The van der Waals surface area contributed by atoms with Gasteiger partial charge in [-0.3, -0.25) is 14.4 Å². The van der Waals surface area contributed by atoms with Crippen LogP contribution in [0.5, 0.6) is 5.75 Å². The smallest absolute Gasteiger partial charge is 0.257 e. The molecule has 31 heavy (non-hydrogen) atoms. The molecule has 2 aliphatic rings. The van der Waals surface area contributed by atoms with Crippen molar-refractivity contribution in [3.63, 3.8) is 0 Å². The Labute approximate surface area is 174 Å². The maximum Gasteiger partial charge on any atom is 0.257 e. The molecule has 10 heteroatoms. The molecule has 2 aromatic rings. The van der Waals surface area contributed by atoms with Crippen LogP contribution in [0.4, 0.5) is 13.2 Å². The molecule has 2 N–H and O–H groups in total. The fourth-order valence-electron chi connectivity index (χ4n) is 4.17. The quantitative estimate of drug-likeness (QED) is 0.770. The maximum atomic E-state index is 13.8. The van der Waals surface area contributed by atoms with Crippen molar-refractivity contribution in [1.29, 1.82) is 0 Å². The number of nitrogens with one attached hydrogen (secondary N) is 1. The first-order valence-corrected chi connectivity index (χ1v) is 9.68. The van der Waals surface area contributed by atoms with E-state index in [0.717, 1.165) is 6.20 Å². The van der Waals surface area contributed by atoms with Crippen molar-refractivity contribution in [1.82, 2.24) is 9.88 Å². The molecule has 1 aromatic carbocycles. The minimum Gasteiger partial charge on any atom is -0.503 e. The lowest BCUT2D eigenvalue weighted by Crippen LogP contribution is -2.52. The molecule has 2 aliphatic heterocycles. The van der Waals surface area contributed by atoms with Gasteiger partial charge in [-0.2, -0.15) is 0 Å². The molecule has 7 nitrogen and oxygen atoms in total. The summed E-state index contributed by atoms with van der Waals surface area (Å²) in [5, 5.41) is 12.6. The summed E-state index contributed by atoms with van der Waals surface area (Å²) in [6.45, 7) is 1.69. The molecule has 1 amide bonds. The number of benzene rings is 1. The number of pyridine rings is 1. The van der Waals surface area contributed by atoms with Crippen LogP contribution in [0, 0.1) is 22.9 Å². The van der Waals surface area contributed by atoms with Crippen LogP contribution in [0.3, 0.4) is 0 Å². The van der Waals surface area contributed by atoms with E-state index in [1.165, 1.54) is 4.57 Å². The molecule has 0 spiro atoms. The Kier molecular flexibility index (Phi) is 5.12. The number of aromatic nitrogens is 1. The zero-order valence-electron chi connectivity index (χ0n) is 16.5. The third kappa shape index (κ3) is 3.40. The highest BCUT2D eigenvalue weighted by Crippen LogP contribution is 2.42. The van der Waals surface area contributed by atoms with Gasteiger partial charge in [-0.05, 0) is 19.8 Å². The van der Waals surface area contributed by atoms with Gasteiger partial charge in [0.1, 0.15) is 28.7 Å². The molecule has 3 heterocycles. The Morgan fingerprint density at radius 3 is 2.65 bits per heavy atom. The van der Waals surface area contributed by atoms with Crippen LogP contribution < -0.4 is 10.7 Å². The molecule has 0 radical (unpaired) electrons. The normalized spacial score (nSPS) is 22.6. The molecule has 0 bridgehead atoms. The second kappa shape index (κ2) is 7.52. The Hall–Kier alpha value is -3.14. The number of ether oxygens (including phenoxy) is 1. The van der Waals surface area contributed by atoms with E-state index in [4.69, 9.17) is 4.74 Å². The lowest BCUT2D eigenvalue weighted by atomic mass is 9.71. The number of nitrogens with zero attached hydrogens (tertiary/aromatic N) is 1. The monoisotopic (exact) mass is 436 g/mol. The largest absolute Gasteiger partial charge is 0.503 e. The topological polar surface area (TPSA) is 97.6 Å². The van der Waals surface area contributed by atoms with Crippen molar-refractivity contribution < 1.29 is 32.6 Å². The number of ketones is 1. The summed E-state index contributed by atoms with van der Waals surface area (Å²) in [4.78, 5) is 38.1. The van der Waals surface area contributed by atoms with Gasteiger partial charge in [-0.25, -0.2) is 13.2 Å². The van der Waals surface area contributed by atoms with Gasteiger partial charge in [-0.15, -0.1) is 0 Å². The highest BCUT2D eigenvalue weighted by Gasteiger charge is 2.49. The SMILES string of the molecule is CC12CCCOC1Cn1cc(C(=O)NCc3c(F)cc(F)cc3F)c(=O)c(O)c1C2=O. The lowest BCUT2D eigenvalue weighted by molar-refractivity contribution is -0.0740. The average molecular weight is 436 g/mol. The van der Waals surface area contributed by atoms with Crippen LogP contribution in [0.2, 0.25) is 0 Å². The van der Waals surface area contributed by atoms with Crippen molar-refractivity contribution in [3.05, 3.63) is 62.8 Å². The van der Waals surface area contributed by atoms with Gasteiger partial charge in [0.15, 0.2) is 11.5 Å². The number of rotatable bonds is 3. The number of amides is 1. The molecule has 1 fully saturated rings. The first-order chi connectivity index (χ1) is 14.6. The number of carbonyl (C=O) groups excluding carboxylic acids is 2. The minimum atomic E-state index is -1.19. The number of hydrogen-bond acceptors (Lipinski definition) is 5. The third-order valence-electron chi connectivity index (χ3n) is 6.00. The maximum absolute atomic E-state index is 13.8. The summed E-state index contributed by atoms with van der Waals surface area (Å²) in [5.41, 5.74) is -3.24. The summed E-state index contributed by atoms with van der Waals surface area (Å²) in [7, 11) is 0. The molecule has 2 unspecified atom stereocenters. The Balaban J connectivity index is 1.65. The van der Waals surface area contributed by atoms with E-state index in [1.807, 2.05) is 0 Å². The van der Waals surface area contributed by atoms with E-state index < -0.39 is 69.5 Å². The predicted molar refractivity (Wildman–Crippen MR) is 101 cm³/mol. The standard InChI is InChI=1S/C21H19F3N2O5/c1-21-3-2-4-31-15(21)9-26-8-12(17(27)18(28)16(26)19(21)29)20(30)25-7-11-13(23)5-10(22)6-14(11)24/h5-6,8,15,28H,2-4,7,9H2,1H3,(H,25,30). The number of carbonyl (C=O) groups is 2. The van der Waals surface area contributed by atoms with Gasteiger partial charge >= 0.3 is 0 Å². The van der Waals surface area contributed by atoms with Crippen LogP contribution in [-0.4, -0.2) is 34.1 Å². The first-order valence-electron chi connectivity index (χ1n) is 9.68. The van der Waals surface area contributed by atoms with E-state index >= 15 is 0 Å². The van der Waals surface area contributed by atoms with Crippen LogP contribution >= 0.6 is 0 Å². The highest BCUT2D eigenvalue weighted by atomic mass is 19.1. The molecular formula is C21H19F3N2O5. The van der Waals surface area contributed by atoms with Crippen LogP contribution in [0.15, 0.2) is 23.1 Å². The van der Waals surface area contributed by atoms with Gasteiger partial charge in [0.2, 0.25) is 5.43 Å². The average Bonchev–Trinajstić information content (AvgIpc) is 2.70. The second-order valence-electron chi connectivity index (χ2n) is 7.96. The van der Waals surface area contributed by atoms with E-state index in [2.05, 4.69) is 5.32 Å². The number of fused-ring (bicyclic) bond motifs is 2.